The Morgan fingerprint density at radius 2 is 2.10 bits per heavy atom. The summed E-state index contributed by atoms with van der Waals surface area (Å²) in [5.41, 5.74) is -0.810. The monoisotopic (exact) mass is 300 g/mol. The molecule has 114 valence electrons. The molecule has 1 N–H and O–H groups in total. The summed E-state index contributed by atoms with van der Waals surface area (Å²) < 4.78 is 45.5. The van der Waals surface area contributed by atoms with Crippen LogP contribution in [0.5, 0.6) is 11.6 Å². The van der Waals surface area contributed by atoms with Crippen molar-refractivity contribution < 1.29 is 17.9 Å². The van der Waals surface area contributed by atoms with Gasteiger partial charge in [0.25, 0.3) is 0 Å². The summed E-state index contributed by atoms with van der Waals surface area (Å²) in [6.07, 6.45) is -0.739. The highest BCUT2D eigenvalue weighted by molar-refractivity contribution is 5.43. The van der Waals surface area contributed by atoms with E-state index < -0.39 is 11.7 Å². The molecule has 2 rings (SSSR count). The molecule has 8 heteroatoms. The molecule has 2 aromatic rings. The largest absolute Gasteiger partial charge is 0.436 e. The molecule has 0 aromatic carbocycles. The third-order valence-electron chi connectivity index (χ3n) is 2.59. The maximum Gasteiger partial charge on any atom is 0.416 e. The Morgan fingerprint density at radius 3 is 2.67 bits per heavy atom. The molecule has 0 aliphatic heterocycles. The molecule has 2 heterocycles. The Bertz CT molecular complexity index is 610. The number of nitrogens with zero attached hydrogens (tertiary/aromatic N) is 3. The molecular formula is C13H15F3N4O. The van der Waals surface area contributed by atoms with E-state index in [0.29, 0.717) is 12.3 Å². The zero-order chi connectivity index (χ0) is 15.5. The normalized spacial score (nSPS) is 11.5. The number of ether oxygens (including phenoxy) is 1. The van der Waals surface area contributed by atoms with Crippen LogP contribution in [0.15, 0.2) is 24.5 Å². The lowest BCUT2D eigenvalue weighted by atomic mass is 10.2. The van der Waals surface area contributed by atoms with Gasteiger partial charge in [-0.3, -0.25) is 4.68 Å². The average molecular weight is 300 g/mol. The number of halogens is 3. The molecule has 0 unspecified atom stereocenters. The molecule has 0 bridgehead atoms. The van der Waals surface area contributed by atoms with Gasteiger partial charge in [0.1, 0.15) is 5.82 Å². The van der Waals surface area contributed by atoms with Gasteiger partial charge in [0, 0.05) is 19.7 Å². The Hall–Kier alpha value is -2.25. The van der Waals surface area contributed by atoms with E-state index in [1.54, 1.807) is 13.2 Å². The van der Waals surface area contributed by atoms with Crippen LogP contribution < -0.4 is 10.1 Å². The predicted molar refractivity (Wildman–Crippen MR) is 71.3 cm³/mol. The lowest BCUT2D eigenvalue weighted by Gasteiger charge is -2.12. The van der Waals surface area contributed by atoms with Crippen LogP contribution in [-0.4, -0.2) is 21.3 Å². The second-order valence-corrected chi connectivity index (χ2v) is 4.46. The SMILES string of the molecule is CCCNc1cc(C(F)(F)F)cc(Oc2cnn(C)c2)n1. The molecule has 0 saturated heterocycles. The van der Waals surface area contributed by atoms with Crippen molar-refractivity contribution in [1.82, 2.24) is 14.8 Å². The summed E-state index contributed by atoms with van der Waals surface area (Å²) in [4.78, 5) is 4.02. The first-order valence-electron chi connectivity index (χ1n) is 6.38. The number of hydrogen-bond donors (Lipinski definition) is 1. The smallest absolute Gasteiger partial charge is 0.416 e. The van der Waals surface area contributed by atoms with E-state index in [2.05, 4.69) is 15.4 Å². The van der Waals surface area contributed by atoms with Gasteiger partial charge in [-0.25, -0.2) is 0 Å². The van der Waals surface area contributed by atoms with Crippen molar-refractivity contribution in [2.24, 2.45) is 7.05 Å². The first-order chi connectivity index (χ1) is 9.88. The number of aromatic nitrogens is 3. The minimum Gasteiger partial charge on any atom is -0.436 e. The van der Waals surface area contributed by atoms with Crippen molar-refractivity contribution in [2.45, 2.75) is 19.5 Å². The lowest BCUT2D eigenvalue weighted by Crippen LogP contribution is -2.09. The maximum atomic E-state index is 12.9. The van der Waals surface area contributed by atoms with Crippen molar-refractivity contribution >= 4 is 5.82 Å². The summed E-state index contributed by atoms with van der Waals surface area (Å²) in [7, 11) is 1.68. The molecule has 0 fully saturated rings. The molecule has 0 aliphatic carbocycles. The van der Waals surface area contributed by atoms with Gasteiger partial charge in [-0.1, -0.05) is 6.92 Å². The van der Waals surface area contributed by atoms with E-state index >= 15 is 0 Å². The van der Waals surface area contributed by atoms with Gasteiger partial charge in [-0.05, 0) is 12.5 Å². The fraction of sp³-hybridized carbons (Fsp3) is 0.385. The summed E-state index contributed by atoms with van der Waals surface area (Å²) >= 11 is 0. The molecule has 2 aromatic heterocycles. The van der Waals surface area contributed by atoms with Gasteiger partial charge in [0.2, 0.25) is 5.88 Å². The van der Waals surface area contributed by atoms with Gasteiger partial charge >= 0.3 is 6.18 Å². The van der Waals surface area contributed by atoms with Crippen LogP contribution in [0.25, 0.3) is 0 Å². The first-order valence-corrected chi connectivity index (χ1v) is 6.38. The number of hydrogen-bond acceptors (Lipinski definition) is 4. The third kappa shape index (κ3) is 4.11. The van der Waals surface area contributed by atoms with Gasteiger partial charge in [0.15, 0.2) is 5.75 Å². The highest BCUT2D eigenvalue weighted by Gasteiger charge is 2.32. The molecule has 21 heavy (non-hydrogen) atoms. The number of aryl methyl sites for hydroxylation is 1. The fourth-order valence-electron chi connectivity index (χ4n) is 1.64. The van der Waals surface area contributed by atoms with Gasteiger partial charge < -0.3 is 10.1 Å². The fourth-order valence-corrected chi connectivity index (χ4v) is 1.64. The van der Waals surface area contributed by atoms with Crippen LogP contribution in [0.2, 0.25) is 0 Å². The zero-order valence-corrected chi connectivity index (χ0v) is 11.6. The molecule has 0 radical (unpaired) electrons. The topological polar surface area (TPSA) is 52.0 Å². The van der Waals surface area contributed by atoms with Crippen LogP contribution in [-0.2, 0) is 13.2 Å². The minimum absolute atomic E-state index is 0.128. The highest BCUT2D eigenvalue weighted by Crippen LogP contribution is 2.33. The van der Waals surface area contributed by atoms with E-state index in [9.17, 15) is 13.2 Å². The third-order valence-corrected chi connectivity index (χ3v) is 2.59. The molecular weight excluding hydrogens is 285 g/mol. The molecule has 5 nitrogen and oxygen atoms in total. The van der Waals surface area contributed by atoms with Crippen molar-refractivity contribution in [3.05, 3.63) is 30.1 Å². The number of nitrogens with one attached hydrogen (secondary N) is 1. The van der Waals surface area contributed by atoms with E-state index in [0.717, 1.165) is 18.6 Å². The molecule has 0 spiro atoms. The molecule has 0 aliphatic rings. The van der Waals surface area contributed by atoms with Gasteiger partial charge in [0.05, 0.1) is 18.0 Å². The number of pyridine rings is 1. The molecule has 0 saturated carbocycles. The molecule has 0 atom stereocenters. The average Bonchev–Trinajstić information content (AvgIpc) is 2.80. The van der Waals surface area contributed by atoms with E-state index in [4.69, 9.17) is 4.74 Å². The van der Waals surface area contributed by atoms with Crippen molar-refractivity contribution in [3.63, 3.8) is 0 Å². The minimum atomic E-state index is -4.46. The van der Waals surface area contributed by atoms with E-state index in [1.165, 1.54) is 10.9 Å². The summed E-state index contributed by atoms with van der Waals surface area (Å²) in [5, 5.41) is 6.71. The van der Waals surface area contributed by atoms with Gasteiger partial charge in [-0.15, -0.1) is 0 Å². The predicted octanol–water partition coefficient (Wildman–Crippen LogP) is 3.45. The van der Waals surface area contributed by atoms with Gasteiger partial charge in [-0.2, -0.15) is 23.3 Å². The van der Waals surface area contributed by atoms with Crippen LogP contribution in [0, 0.1) is 0 Å². The Kier molecular flexibility index (Phi) is 4.35. The van der Waals surface area contributed by atoms with Crippen molar-refractivity contribution in [3.8, 4) is 11.6 Å². The van der Waals surface area contributed by atoms with E-state index in [-0.39, 0.29) is 11.7 Å². The second-order valence-electron chi connectivity index (χ2n) is 4.46. The summed E-state index contributed by atoms with van der Waals surface area (Å²) in [6.45, 7) is 2.44. The van der Waals surface area contributed by atoms with Crippen LogP contribution in [0.3, 0.4) is 0 Å². The maximum absolute atomic E-state index is 12.9. The first kappa shape index (κ1) is 15.1. The summed E-state index contributed by atoms with van der Waals surface area (Å²) in [5.74, 6) is 0.327. The zero-order valence-electron chi connectivity index (χ0n) is 11.6. The van der Waals surface area contributed by atoms with Crippen LogP contribution in [0.1, 0.15) is 18.9 Å². The van der Waals surface area contributed by atoms with E-state index in [1.807, 2.05) is 6.92 Å². The second kappa shape index (κ2) is 6.02. The highest BCUT2D eigenvalue weighted by atomic mass is 19.4. The Morgan fingerprint density at radius 1 is 1.33 bits per heavy atom. The molecule has 0 amide bonds. The summed E-state index contributed by atoms with van der Waals surface area (Å²) in [6, 6.07) is 1.83. The Balaban J connectivity index is 2.30. The van der Waals surface area contributed by atoms with Crippen LogP contribution in [0.4, 0.5) is 19.0 Å². The lowest BCUT2D eigenvalue weighted by molar-refractivity contribution is -0.137. The van der Waals surface area contributed by atoms with Crippen molar-refractivity contribution in [1.29, 1.82) is 0 Å². The number of rotatable bonds is 5. The quantitative estimate of drug-likeness (QED) is 0.919. The Labute approximate surface area is 119 Å². The number of alkyl halides is 3. The standard InChI is InChI=1S/C13H15F3N4O/c1-3-4-17-11-5-9(13(14,15)16)6-12(19-11)21-10-7-18-20(2)8-10/h5-8H,3-4H2,1-2H3,(H,17,19). The number of anilines is 1. The van der Waals surface area contributed by atoms with Crippen molar-refractivity contribution in [2.75, 3.05) is 11.9 Å². The van der Waals surface area contributed by atoms with Crippen LogP contribution >= 0.6 is 0 Å².